The molecule has 5 nitrogen and oxygen atoms in total. The first-order valence-electron chi connectivity index (χ1n) is 5.22. The number of hydrogen-bond donors (Lipinski definition) is 0. The van der Waals surface area contributed by atoms with Crippen molar-refractivity contribution in [3.63, 3.8) is 0 Å². The Labute approximate surface area is 114 Å². The molecule has 0 N–H and O–H groups in total. The fourth-order valence-electron chi connectivity index (χ4n) is 1.07. The van der Waals surface area contributed by atoms with Crippen LogP contribution in [0.25, 0.3) is 0 Å². The van der Waals surface area contributed by atoms with Gasteiger partial charge in [-0.25, -0.2) is 13.6 Å². The standard InChI is InChI=1S/C12H10F2O5S/c1-20(16,17)19-7-3-2-6-18-12(15)10-5-4-9(13)8-11(10)14/h4-5,8H,6-7H2,1H3. The number of benzene rings is 1. The maximum atomic E-state index is 13.2. The third-order valence-corrected chi connectivity index (χ3v) is 2.44. The van der Waals surface area contributed by atoms with Gasteiger partial charge in [-0.15, -0.1) is 0 Å². The molecule has 8 heteroatoms. The molecule has 0 aliphatic carbocycles. The number of carbonyl (C=O) groups is 1. The van der Waals surface area contributed by atoms with Gasteiger partial charge in [0.2, 0.25) is 0 Å². The van der Waals surface area contributed by atoms with Crippen LogP contribution >= 0.6 is 0 Å². The van der Waals surface area contributed by atoms with Crippen LogP contribution in [0.15, 0.2) is 18.2 Å². The van der Waals surface area contributed by atoms with E-state index in [1.165, 1.54) is 0 Å². The summed E-state index contributed by atoms with van der Waals surface area (Å²) in [6.07, 6.45) is 0.867. The third-order valence-electron chi connectivity index (χ3n) is 1.90. The molecule has 0 bridgehead atoms. The maximum Gasteiger partial charge on any atom is 0.342 e. The molecular weight excluding hydrogens is 294 g/mol. The molecule has 0 spiro atoms. The molecule has 1 aromatic carbocycles. The van der Waals surface area contributed by atoms with Gasteiger partial charge in [-0.2, -0.15) is 8.42 Å². The highest BCUT2D eigenvalue weighted by molar-refractivity contribution is 7.85. The molecule has 0 aliphatic heterocycles. The highest BCUT2D eigenvalue weighted by Gasteiger charge is 2.13. The number of carbonyl (C=O) groups excluding carboxylic acids is 1. The van der Waals surface area contributed by atoms with Gasteiger partial charge in [-0.05, 0) is 12.1 Å². The molecule has 1 aromatic rings. The van der Waals surface area contributed by atoms with Crippen LogP contribution < -0.4 is 0 Å². The number of rotatable bonds is 4. The molecule has 108 valence electrons. The summed E-state index contributed by atoms with van der Waals surface area (Å²) in [6.45, 7) is -0.746. The van der Waals surface area contributed by atoms with Crippen LogP contribution in [0, 0.1) is 23.5 Å². The average Bonchev–Trinajstić information content (AvgIpc) is 2.32. The zero-order chi connectivity index (χ0) is 15.2. The van der Waals surface area contributed by atoms with E-state index >= 15 is 0 Å². The van der Waals surface area contributed by atoms with Crippen molar-refractivity contribution in [1.82, 2.24) is 0 Å². The largest absolute Gasteiger partial charge is 0.449 e. The Kier molecular flexibility index (Phi) is 5.61. The van der Waals surface area contributed by atoms with E-state index in [2.05, 4.69) is 20.8 Å². The summed E-state index contributed by atoms with van der Waals surface area (Å²) in [5, 5.41) is 0. The number of ether oxygens (including phenoxy) is 1. The average molecular weight is 304 g/mol. The number of hydrogen-bond acceptors (Lipinski definition) is 5. The Morgan fingerprint density at radius 1 is 1.25 bits per heavy atom. The van der Waals surface area contributed by atoms with Gasteiger partial charge in [0.25, 0.3) is 10.1 Å². The summed E-state index contributed by atoms with van der Waals surface area (Å²) in [5.41, 5.74) is -0.416. The van der Waals surface area contributed by atoms with Crippen molar-refractivity contribution in [3.05, 3.63) is 35.4 Å². The summed E-state index contributed by atoms with van der Waals surface area (Å²) in [5.74, 6) is 1.75. The first kappa shape index (κ1) is 16.1. The Bertz CT molecular complexity index is 658. The van der Waals surface area contributed by atoms with Crippen molar-refractivity contribution in [2.24, 2.45) is 0 Å². The van der Waals surface area contributed by atoms with Gasteiger partial charge < -0.3 is 4.74 Å². The summed E-state index contributed by atoms with van der Waals surface area (Å²) >= 11 is 0. The van der Waals surface area contributed by atoms with Crippen molar-refractivity contribution in [2.45, 2.75) is 0 Å². The van der Waals surface area contributed by atoms with Gasteiger partial charge in [0.15, 0.2) is 6.61 Å². The maximum absolute atomic E-state index is 13.2. The predicted molar refractivity (Wildman–Crippen MR) is 65.2 cm³/mol. The third kappa shape index (κ3) is 5.77. The van der Waals surface area contributed by atoms with Crippen LogP contribution in [0.4, 0.5) is 8.78 Å². The van der Waals surface area contributed by atoms with E-state index in [-0.39, 0.29) is 13.2 Å². The van der Waals surface area contributed by atoms with Crippen LogP contribution in [0.1, 0.15) is 10.4 Å². The summed E-state index contributed by atoms with van der Waals surface area (Å²) in [7, 11) is -3.58. The molecule has 1 rings (SSSR count). The molecule has 0 aliphatic rings. The van der Waals surface area contributed by atoms with Crippen molar-refractivity contribution in [1.29, 1.82) is 0 Å². The minimum Gasteiger partial charge on any atom is -0.449 e. The molecular formula is C12H10F2O5S. The topological polar surface area (TPSA) is 69.7 Å². The smallest absolute Gasteiger partial charge is 0.342 e. The van der Waals surface area contributed by atoms with E-state index < -0.39 is 33.3 Å². The fourth-order valence-corrected chi connectivity index (χ4v) is 1.35. The highest BCUT2D eigenvalue weighted by atomic mass is 32.2. The lowest BCUT2D eigenvalue weighted by atomic mass is 10.2. The molecule has 20 heavy (non-hydrogen) atoms. The van der Waals surface area contributed by atoms with Crippen LogP contribution in [0.5, 0.6) is 0 Å². The van der Waals surface area contributed by atoms with Crippen molar-refractivity contribution < 1.29 is 30.9 Å². The highest BCUT2D eigenvalue weighted by Crippen LogP contribution is 2.10. The van der Waals surface area contributed by atoms with Gasteiger partial charge >= 0.3 is 5.97 Å². The van der Waals surface area contributed by atoms with Crippen LogP contribution in [-0.2, 0) is 19.0 Å². The molecule has 0 fully saturated rings. The van der Waals surface area contributed by atoms with Crippen LogP contribution in [-0.4, -0.2) is 33.9 Å². The first-order chi connectivity index (χ1) is 9.29. The summed E-state index contributed by atoms with van der Waals surface area (Å²) < 4.78 is 55.9. The monoisotopic (exact) mass is 304 g/mol. The lowest BCUT2D eigenvalue weighted by Gasteiger charge is -2.02. The molecule has 0 atom stereocenters. The summed E-state index contributed by atoms with van der Waals surface area (Å²) in [6, 6.07) is 2.43. The van der Waals surface area contributed by atoms with E-state index in [1.807, 2.05) is 0 Å². The van der Waals surface area contributed by atoms with E-state index in [0.29, 0.717) is 6.07 Å². The molecule has 0 heterocycles. The lowest BCUT2D eigenvalue weighted by Crippen LogP contribution is -2.08. The minimum atomic E-state index is -3.58. The van der Waals surface area contributed by atoms with Crippen molar-refractivity contribution in [3.8, 4) is 11.8 Å². The van der Waals surface area contributed by atoms with Gasteiger partial charge in [-0.1, -0.05) is 11.8 Å². The van der Waals surface area contributed by atoms with E-state index in [4.69, 9.17) is 0 Å². The summed E-state index contributed by atoms with van der Waals surface area (Å²) in [4.78, 5) is 11.4. The van der Waals surface area contributed by atoms with Crippen LogP contribution in [0.3, 0.4) is 0 Å². The second kappa shape index (κ2) is 6.98. The van der Waals surface area contributed by atoms with Crippen molar-refractivity contribution in [2.75, 3.05) is 19.5 Å². The van der Waals surface area contributed by atoms with Crippen LogP contribution in [0.2, 0.25) is 0 Å². The molecule has 0 saturated heterocycles. The quantitative estimate of drug-likeness (QED) is 0.473. The molecule has 0 radical (unpaired) electrons. The molecule has 0 aromatic heterocycles. The van der Waals surface area contributed by atoms with Gasteiger partial charge in [0.1, 0.15) is 18.2 Å². The van der Waals surface area contributed by atoms with Gasteiger partial charge in [-0.3, -0.25) is 4.18 Å². The van der Waals surface area contributed by atoms with E-state index in [1.54, 1.807) is 0 Å². The Hall–Kier alpha value is -1.98. The first-order valence-corrected chi connectivity index (χ1v) is 7.03. The fraction of sp³-hybridized carbons (Fsp3) is 0.250. The molecule has 0 unspecified atom stereocenters. The number of halogens is 2. The minimum absolute atomic E-state index is 0.372. The second-order valence-corrected chi connectivity index (χ2v) is 5.16. The SMILES string of the molecule is CS(=O)(=O)OCC#CCOC(=O)c1ccc(F)cc1F. The van der Waals surface area contributed by atoms with E-state index in [0.717, 1.165) is 18.4 Å². The predicted octanol–water partition coefficient (Wildman–Crippen LogP) is 1.10. The lowest BCUT2D eigenvalue weighted by molar-refractivity contribution is 0.0551. The zero-order valence-electron chi connectivity index (χ0n) is 10.4. The van der Waals surface area contributed by atoms with Gasteiger partial charge in [0.05, 0.1) is 11.8 Å². The molecule has 0 amide bonds. The normalized spacial score (nSPS) is 10.6. The number of esters is 1. The van der Waals surface area contributed by atoms with E-state index in [9.17, 15) is 22.0 Å². The Morgan fingerprint density at radius 2 is 1.90 bits per heavy atom. The zero-order valence-corrected chi connectivity index (χ0v) is 11.2. The van der Waals surface area contributed by atoms with Gasteiger partial charge in [0, 0.05) is 6.07 Å². The Morgan fingerprint density at radius 3 is 2.50 bits per heavy atom. The second-order valence-electron chi connectivity index (χ2n) is 3.52. The Balaban J connectivity index is 2.46. The van der Waals surface area contributed by atoms with Crippen molar-refractivity contribution >= 4 is 16.1 Å². The molecule has 0 saturated carbocycles.